The lowest BCUT2D eigenvalue weighted by atomic mass is 10.0. The van der Waals surface area contributed by atoms with E-state index in [1.165, 1.54) is 54.7 Å². The van der Waals surface area contributed by atoms with Crippen molar-refractivity contribution in [3.63, 3.8) is 0 Å². The third-order valence-corrected chi connectivity index (χ3v) is 7.54. The normalized spacial score (nSPS) is 11.8. The second-order valence-corrected chi connectivity index (χ2v) is 9.27. The van der Waals surface area contributed by atoms with Gasteiger partial charge in [0.25, 0.3) is 0 Å². The molecule has 0 spiro atoms. The molecule has 3 heterocycles. The maximum atomic E-state index is 4.63. The molecule has 0 atom stereocenters. The molecule has 0 radical (unpaired) electrons. The van der Waals surface area contributed by atoms with Crippen LogP contribution < -0.4 is 0 Å². The van der Waals surface area contributed by atoms with Crippen molar-refractivity contribution in [2.45, 2.75) is 0 Å². The van der Waals surface area contributed by atoms with Crippen molar-refractivity contribution in [1.29, 1.82) is 0 Å². The third-order valence-electron chi connectivity index (χ3n) is 6.50. The minimum absolute atomic E-state index is 0.938. The number of hydrogen-bond acceptors (Lipinski definition) is 1. The highest BCUT2D eigenvalue weighted by molar-refractivity contribution is 14.1. The van der Waals surface area contributed by atoms with Gasteiger partial charge in [-0.3, -0.25) is 7.35 Å². The van der Waals surface area contributed by atoms with Gasteiger partial charge in [0.15, 0.2) is 0 Å². The summed E-state index contributed by atoms with van der Waals surface area (Å²) in [6.45, 7) is 0. The van der Waals surface area contributed by atoms with Crippen LogP contribution in [0.15, 0.2) is 109 Å². The average Bonchev–Trinajstić information content (AvgIpc) is 3.36. The fourth-order valence-corrected chi connectivity index (χ4v) is 5.83. The number of rotatable bonds is 2. The molecule has 156 valence electrons. The standard InChI is InChI=1S/C29H18IN3/c30-33-27-10-4-2-8-22(27)24-18-20(13-15-28(24)33)19-12-14-26-23(17-19)21-7-1-3-9-25(21)32(26)29-11-5-6-16-31-29/h1-18H. The zero-order valence-electron chi connectivity index (χ0n) is 17.6. The van der Waals surface area contributed by atoms with E-state index in [-0.39, 0.29) is 0 Å². The van der Waals surface area contributed by atoms with Crippen molar-refractivity contribution in [3.8, 4) is 16.9 Å². The van der Waals surface area contributed by atoms with Crippen molar-refractivity contribution in [3.05, 3.63) is 109 Å². The number of hydrogen-bond donors (Lipinski definition) is 0. The number of pyridine rings is 1. The predicted octanol–water partition coefficient (Wildman–Crippen LogP) is 8.15. The molecule has 0 amide bonds. The number of benzene rings is 4. The number of fused-ring (bicyclic) bond motifs is 6. The fourth-order valence-electron chi connectivity index (χ4n) is 4.99. The Balaban J connectivity index is 1.49. The summed E-state index contributed by atoms with van der Waals surface area (Å²) in [5.74, 6) is 0.938. The molecule has 4 aromatic carbocycles. The van der Waals surface area contributed by atoms with E-state index in [0.29, 0.717) is 0 Å². The first-order valence-electron chi connectivity index (χ1n) is 10.9. The summed E-state index contributed by atoms with van der Waals surface area (Å²) in [4.78, 5) is 4.63. The van der Waals surface area contributed by atoms with Gasteiger partial charge in [0, 0.05) is 27.7 Å². The van der Waals surface area contributed by atoms with Crippen LogP contribution in [0, 0.1) is 0 Å². The largest absolute Gasteiger partial charge is 0.294 e. The molecule has 0 aliphatic rings. The molecule has 4 heteroatoms. The lowest BCUT2D eigenvalue weighted by molar-refractivity contribution is 1.08. The zero-order chi connectivity index (χ0) is 21.9. The van der Waals surface area contributed by atoms with Gasteiger partial charge in [-0.1, -0.05) is 54.6 Å². The molecule has 3 nitrogen and oxygen atoms in total. The Morgan fingerprint density at radius 2 is 1.06 bits per heavy atom. The van der Waals surface area contributed by atoms with Crippen molar-refractivity contribution in [2.24, 2.45) is 0 Å². The van der Waals surface area contributed by atoms with E-state index in [0.717, 1.165) is 5.82 Å². The van der Waals surface area contributed by atoms with Crippen LogP contribution in [0.5, 0.6) is 0 Å². The van der Waals surface area contributed by atoms with E-state index >= 15 is 0 Å². The van der Waals surface area contributed by atoms with Gasteiger partial charge in [0.1, 0.15) is 5.82 Å². The molecule has 7 rings (SSSR count). The first kappa shape index (κ1) is 18.9. The van der Waals surface area contributed by atoms with Crippen molar-refractivity contribution in [1.82, 2.24) is 12.3 Å². The van der Waals surface area contributed by atoms with Crippen LogP contribution in [-0.2, 0) is 0 Å². The van der Waals surface area contributed by atoms with Crippen molar-refractivity contribution >= 4 is 66.5 Å². The number of halogens is 1. The summed E-state index contributed by atoms with van der Waals surface area (Å²) >= 11 is 2.40. The molecule has 0 unspecified atom stereocenters. The van der Waals surface area contributed by atoms with E-state index in [1.807, 2.05) is 18.3 Å². The van der Waals surface area contributed by atoms with Gasteiger partial charge in [-0.25, -0.2) is 4.98 Å². The Kier molecular flexibility index (Phi) is 4.11. The lowest BCUT2D eigenvalue weighted by Gasteiger charge is -2.07. The molecular weight excluding hydrogens is 517 g/mol. The highest BCUT2D eigenvalue weighted by atomic mass is 127. The molecule has 0 saturated carbocycles. The summed E-state index contributed by atoms with van der Waals surface area (Å²) in [5, 5.41) is 5.06. The quantitative estimate of drug-likeness (QED) is 0.205. The van der Waals surface area contributed by atoms with Gasteiger partial charge in [-0.15, -0.1) is 0 Å². The molecule has 0 fully saturated rings. The van der Waals surface area contributed by atoms with Crippen LogP contribution in [0.1, 0.15) is 0 Å². The maximum absolute atomic E-state index is 4.63. The van der Waals surface area contributed by atoms with Crippen LogP contribution in [0.25, 0.3) is 60.6 Å². The second-order valence-electron chi connectivity index (χ2n) is 8.30. The van der Waals surface area contributed by atoms with Gasteiger partial charge in [0.05, 0.1) is 44.9 Å². The first-order chi connectivity index (χ1) is 16.3. The summed E-state index contributed by atoms with van der Waals surface area (Å²) < 4.78 is 4.50. The fraction of sp³-hybridized carbons (Fsp3) is 0. The summed E-state index contributed by atoms with van der Waals surface area (Å²) in [6.07, 6.45) is 1.85. The Hall–Kier alpha value is -3.64. The summed E-state index contributed by atoms with van der Waals surface area (Å²) in [7, 11) is 0. The molecule has 7 aromatic rings. The topological polar surface area (TPSA) is 22.8 Å². The zero-order valence-corrected chi connectivity index (χ0v) is 19.8. The average molecular weight is 535 g/mol. The van der Waals surface area contributed by atoms with Gasteiger partial charge < -0.3 is 0 Å². The first-order valence-corrected chi connectivity index (χ1v) is 11.9. The van der Waals surface area contributed by atoms with Crippen molar-refractivity contribution < 1.29 is 0 Å². The molecule has 0 aliphatic carbocycles. The molecule has 0 saturated heterocycles. The maximum Gasteiger partial charge on any atom is 0.137 e. The van der Waals surface area contributed by atoms with E-state index in [1.54, 1.807) is 0 Å². The molecule has 33 heavy (non-hydrogen) atoms. The van der Waals surface area contributed by atoms with Crippen LogP contribution in [0.3, 0.4) is 0 Å². The molecule has 3 aromatic heterocycles. The number of aromatic nitrogens is 3. The molecule has 0 bridgehead atoms. The third kappa shape index (κ3) is 2.77. The van der Waals surface area contributed by atoms with Crippen LogP contribution >= 0.6 is 22.9 Å². The Bertz CT molecular complexity index is 1830. The van der Waals surface area contributed by atoms with E-state index in [4.69, 9.17) is 0 Å². The number of nitrogens with zero attached hydrogens (tertiary/aromatic N) is 3. The minimum atomic E-state index is 0.938. The summed E-state index contributed by atoms with van der Waals surface area (Å²) in [5.41, 5.74) is 7.29. The van der Waals surface area contributed by atoms with Gasteiger partial charge in [0.2, 0.25) is 0 Å². The molecule has 0 N–H and O–H groups in total. The summed E-state index contributed by atoms with van der Waals surface area (Å²) in [6, 6.07) is 36.8. The minimum Gasteiger partial charge on any atom is -0.294 e. The Labute approximate surface area is 204 Å². The SMILES string of the molecule is In1c2ccccc2c2cc(-c3ccc4c(c3)c3ccccc3n4-c3ccccn3)ccc21. The highest BCUT2D eigenvalue weighted by Gasteiger charge is 2.14. The van der Waals surface area contributed by atoms with E-state index < -0.39 is 0 Å². The smallest absolute Gasteiger partial charge is 0.137 e. The second kappa shape index (κ2) is 7.18. The molecule has 0 aliphatic heterocycles. The van der Waals surface area contributed by atoms with Crippen LogP contribution in [0.2, 0.25) is 0 Å². The van der Waals surface area contributed by atoms with Crippen molar-refractivity contribution in [2.75, 3.05) is 0 Å². The van der Waals surface area contributed by atoms with Gasteiger partial charge in [-0.2, -0.15) is 0 Å². The van der Waals surface area contributed by atoms with Crippen LogP contribution in [0.4, 0.5) is 0 Å². The predicted molar refractivity (Wildman–Crippen MR) is 146 cm³/mol. The van der Waals surface area contributed by atoms with Gasteiger partial charge in [-0.05, 0) is 59.7 Å². The van der Waals surface area contributed by atoms with Crippen LogP contribution in [-0.4, -0.2) is 12.3 Å². The Morgan fingerprint density at radius 3 is 1.79 bits per heavy atom. The van der Waals surface area contributed by atoms with Gasteiger partial charge >= 0.3 is 0 Å². The Morgan fingerprint density at radius 1 is 0.515 bits per heavy atom. The molecular formula is C29H18IN3. The highest BCUT2D eigenvalue weighted by Crippen LogP contribution is 2.37. The number of para-hydroxylation sites is 2. The monoisotopic (exact) mass is 535 g/mol. The lowest BCUT2D eigenvalue weighted by Crippen LogP contribution is -1.96. The van der Waals surface area contributed by atoms with E-state index in [2.05, 4.69) is 126 Å². The van der Waals surface area contributed by atoms with E-state index in [9.17, 15) is 0 Å².